The first kappa shape index (κ1) is 20.3. The minimum atomic E-state index is -0.507. The molecule has 0 radical (unpaired) electrons. The third-order valence-electron chi connectivity index (χ3n) is 4.28. The summed E-state index contributed by atoms with van der Waals surface area (Å²) in [6.07, 6.45) is 3.22. The molecule has 2 aromatic heterocycles. The second-order valence-electron chi connectivity index (χ2n) is 7.46. The average molecular weight is 394 g/mol. The van der Waals surface area contributed by atoms with Gasteiger partial charge in [-0.15, -0.1) is 0 Å². The number of fused-ring (bicyclic) bond motifs is 2. The molecule has 0 aliphatic heterocycles. The van der Waals surface area contributed by atoms with Gasteiger partial charge in [-0.05, 0) is 57.2 Å². The Hall–Kier alpha value is -3.41. The molecule has 0 aliphatic carbocycles. The number of ether oxygens (including phenoxy) is 3. The molecule has 0 fully saturated rings. The summed E-state index contributed by atoms with van der Waals surface area (Å²) in [6, 6.07) is 15.4. The van der Waals surface area contributed by atoms with Crippen LogP contribution in [0.3, 0.4) is 0 Å². The molecule has 2 aromatic carbocycles. The smallest absolute Gasteiger partial charge is 0.418 e. The van der Waals surface area contributed by atoms with Crippen LogP contribution in [0.4, 0.5) is 4.79 Å². The molecule has 0 saturated carbocycles. The Kier molecular flexibility index (Phi) is 5.82. The lowest BCUT2D eigenvalue weighted by atomic mass is 10.2. The molecule has 0 unspecified atom stereocenters. The van der Waals surface area contributed by atoms with E-state index in [4.69, 9.17) is 14.2 Å². The van der Waals surface area contributed by atoms with E-state index in [9.17, 15) is 4.79 Å². The number of hydrogen-bond donors (Lipinski definition) is 1. The van der Waals surface area contributed by atoms with Gasteiger partial charge in [0.1, 0.15) is 17.1 Å². The normalized spacial score (nSPS) is 11.1. The largest absolute Gasteiger partial charge is 0.496 e. The number of nitrogens with zero attached hydrogens (tertiary/aromatic N) is 1. The highest BCUT2D eigenvalue weighted by Crippen LogP contribution is 2.27. The molecule has 6 heteroatoms. The maximum absolute atomic E-state index is 12.0. The van der Waals surface area contributed by atoms with Gasteiger partial charge in [-0.3, -0.25) is 4.57 Å². The van der Waals surface area contributed by atoms with Crippen LogP contribution in [0.25, 0.3) is 21.8 Å². The number of benzene rings is 2. The Morgan fingerprint density at radius 3 is 2.21 bits per heavy atom. The van der Waals surface area contributed by atoms with Crippen LogP contribution < -0.4 is 9.47 Å². The van der Waals surface area contributed by atoms with Gasteiger partial charge in [-0.25, -0.2) is 4.79 Å². The van der Waals surface area contributed by atoms with Gasteiger partial charge in [-0.1, -0.05) is 12.1 Å². The molecule has 152 valence electrons. The molecule has 0 amide bonds. The SMILES string of the molecule is COc1cccc2[nH]ccc12.COc1cccc2c1ccn2C(=O)OC(C)(C)C. The fourth-order valence-electron chi connectivity index (χ4n) is 3.02. The van der Waals surface area contributed by atoms with Crippen LogP contribution in [0, 0.1) is 0 Å². The number of H-pyrrole nitrogens is 1. The molecule has 2 heterocycles. The monoisotopic (exact) mass is 394 g/mol. The van der Waals surface area contributed by atoms with Crippen molar-refractivity contribution in [2.24, 2.45) is 0 Å². The summed E-state index contributed by atoms with van der Waals surface area (Å²) < 4.78 is 17.3. The summed E-state index contributed by atoms with van der Waals surface area (Å²) in [4.78, 5) is 15.1. The molecule has 4 aromatic rings. The van der Waals surface area contributed by atoms with Crippen molar-refractivity contribution in [1.29, 1.82) is 0 Å². The molecule has 29 heavy (non-hydrogen) atoms. The zero-order chi connectivity index (χ0) is 21.0. The predicted molar refractivity (Wildman–Crippen MR) is 115 cm³/mol. The van der Waals surface area contributed by atoms with Crippen molar-refractivity contribution < 1.29 is 19.0 Å². The van der Waals surface area contributed by atoms with E-state index in [-0.39, 0.29) is 6.09 Å². The van der Waals surface area contributed by atoms with Crippen LogP contribution in [0.2, 0.25) is 0 Å². The molecular weight excluding hydrogens is 368 g/mol. The number of nitrogens with one attached hydrogen (secondary N) is 1. The zero-order valence-electron chi connectivity index (χ0n) is 17.4. The number of aromatic amines is 1. The van der Waals surface area contributed by atoms with Gasteiger partial charge in [0.25, 0.3) is 0 Å². The summed E-state index contributed by atoms with van der Waals surface area (Å²) in [5, 5.41) is 2.03. The molecule has 1 N–H and O–H groups in total. The van der Waals surface area contributed by atoms with Crippen LogP contribution in [0.15, 0.2) is 60.9 Å². The van der Waals surface area contributed by atoms with Gasteiger partial charge in [-0.2, -0.15) is 0 Å². The summed E-state index contributed by atoms with van der Waals surface area (Å²) in [5.74, 6) is 1.67. The fraction of sp³-hybridized carbons (Fsp3) is 0.261. The van der Waals surface area contributed by atoms with Gasteiger partial charge in [0.15, 0.2) is 0 Å². The Bertz CT molecular complexity index is 1120. The molecule has 0 saturated heterocycles. The van der Waals surface area contributed by atoms with Gasteiger partial charge in [0.05, 0.1) is 19.7 Å². The van der Waals surface area contributed by atoms with E-state index >= 15 is 0 Å². The third kappa shape index (κ3) is 4.54. The average Bonchev–Trinajstić information content (AvgIpc) is 3.33. The topological polar surface area (TPSA) is 65.5 Å². The van der Waals surface area contributed by atoms with Crippen LogP contribution >= 0.6 is 0 Å². The number of carbonyl (C=O) groups is 1. The molecule has 0 spiro atoms. The van der Waals surface area contributed by atoms with E-state index < -0.39 is 5.60 Å². The highest BCUT2D eigenvalue weighted by Gasteiger charge is 2.19. The van der Waals surface area contributed by atoms with E-state index in [1.165, 1.54) is 4.57 Å². The summed E-state index contributed by atoms with van der Waals surface area (Å²) in [6.45, 7) is 5.53. The highest BCUT2D eigenvalue weighted by molar-refractivity contribution is 5.93. The maximum Gasteiger partial charge on any atom is 0.418 e. The number of aromatic nitrogens is 2. The van der Waals surface area contributed by atoms with Crippen molar-refractivity contribution in [3.63, 3.8) is 0 Å². The number of carbonyl (C=O) groups excluding carboxylic acids is 1. The van der Waals surface area contributed by atoms with Crippen LogP contribution in [0.5, 0.6) is 11.5 Å². The number of methoxy groups -OCH3 is 2. The van der Waals surface area contributed by atoms with E-state index in [0.717, 1.165) is 33.3 Å². The first-order chi connectivity index (χ1) is 13.8. The molecular formula is C23H26N2O4. The lowest BCUT2D eigenvalue weighted by molar-refractivity contribution is 0.0544. The fourth-order valence-corrected chi connectivity index (χ4v) is 3.02. The van der Waals surface area contributed by atoms with Gasteiger partial charge >= 0.3 is 6.09 Å². The van der Waals surface area contributed by atoms with Crippen molar-refractivity contribution in [2.75, 3.05) is 14.2 Å². The minimum absolute atomic E-state index is 0.384. The molecule has 0 bridgehead atoms. The predicted octanol–water partition coefficient (Wildman–Crippen LogP) is 5.61. The molecule has 4 rings (SSSR count). The molecule has 0 atom stereocenters. The number of hydrogen-bond acceptors (Lipinski definition) is 4. The Balaban J connectivity index is 0.000000186. The minimum Gasteiger partial charge on any atom is -0.496 e. The van der Waals surface area contributed by atoms with Crippen LogP contribution in [-0.2, 0) is 4.74 Å². The van der Waals surface area contributed by atoms with Crippen molar-refractivity contribution >= 4 is 27.9 Å². The number of rotatable bonds is 2. The Morgan fingerprint density at radius 2 is 1.55 bits per heavy atom. The Labute approximate surface area is 170 Å². The van der Waals surface area contributed by atoms with E-state index in [1.807, 2.05) is 75.5 Å². The van der Waals surface area contributed by atoms with E-state index in [1.54, 1.807) is 20.4 Å². The molecule has 0 aliphatic rings. The van der Waals surface area contributed by atoms with Crippen molar-refractivity contribution in [2.45, 2.75) is 26.4 Å². The van der Waals surface area contributed by atoms with Crippen LogP contribution in [-0.4, -0.2) is 35.5 Å². The molecule has 6 nitrogen and oxygen atoms in total. The maximum atomic E-state index is 12.0. The third-order valence-corrected chi connectivity index (χ3v) is 4.28. The standard InChI is InChI=1S/C14H17NO3.C9H9NO/c1-14(2,3)18-13(16)15-9-8-10-11(15)6-5-7-12(10)17-4;1-11-9-4-2-3-8-7(9)5-6-10-8/h5-9H,1-4H3;2-6,10H,1H3. The summed E-state index contributed by atoms with van der Waals surface area (Å²) in [5.41, 5.74) is 1.39. The summed E-state index contributed by atoms with van der Waals surface area (Å²) in [7, 11) is 3.29. The zero-order valence-corrected chi connectivity index (χ0v) is 17.4. The first-order valence-corrected chi connectivity index (χ1v) is 9.31. The van der Waals surface area contributed by atoms with Crippen molar-refractivity contribution in [3.8, 4) is 11.5 Å². The van der Waals surface area contributed by atoms with Crippen molar-refractivity contribution in [3.05, 3.63) is 60.9 Å². The van der Waals surface area contributed by atoms with Gasteiger partial charge in [0.2, 0.25) is 0 Å². The quantitative estimate of drug-likeness (QED) is 0.480. The van der Waals surface area contributed by atoms with Crippen LogP contribution in [0.1, 0.15) is 20.8 Å². The Morgan fingerprint density at radius 1 is 0.897 bits per heavy atom. The van der Waals surface area contributed by atoms with Gasteiger partial charge < -0.3 is 19.2 Å². The second kappa shape index (κ2) is 8.31. The lowest BCUT2D eigenvalue weighted by Gasteiger charge is -2.19. The van der Waals surface area contributed by atoms with E-state index in [0.29, 0.717) is 0 Å². The highest BCUT2D eigenvalue weighted by atomic mass is 16.6. The second-order valence-corrected chi connectivity index (χ2v) is 7.46. The van der Waals surface area contributed by atoms with E-state index in [2.05, 4.69) is 4.98 Å². The van der Waals surface area contributed by atoms with Crippen molar-refractivity contribution in [1.82, 2.24) is 9.55 Å². The summed E-state index contributed by atoms with van der Waals surface area (Å²) >= 11 is 0. The first-order valence-electron chi connectivity index (χ1n) is 9.31. The lowest BCUT2D eigenvalue weighted by Crippen LogP contribution is -2.26. The van der Waals surface area contributed by atoms with Gasteiger partial charge in [0, 0.05) is 28.7 Å².